The van der Waals surface area contributed by atoms with Gasteiger partial charge < -0.3 is 5.32 Å². The van der Waals surface area contributed by atoms with Crippen molar-refractivity contribution in [2.45, 2.75) is 40.5 Å². The van der Waals surface area contributed by atoms with E-state index in [9.17, 15) is 0 Å². The number of hydrogen-bond acceptors (Lipinski definition) is 1. The Labute approximate surface area is 76.9 Å². The molecule has 1 rings (SSSR count). The summed E-state index contributed by atoms with van der Waals surface area (Å²) in [4.78, 5) is 0. The molecule has 1 aliphatic rings. The first-order valence-corrected chi connectivity index (χ1v) is 5.23. The van der Waals surface area contributed by atoms with E-state index in [1.165, 1.54) is 25.9 Å². The first-order valence-electron chi connectivity index (χ1n) is 5.23. The summed E-state index contributed by atoms with van der Waals surface area (Å²) in [5.74, 6) is 1.86. The molecule has 2 atom stereocenters. The van der Waals surface area contributed by atoms with E-state index in [0.29, 0.717) is 5.41 Å². The van der Waals surface area contributed by atoms with Gasteiger partial charge in [0.2, 0.25) is 0 Å². The number of nitrogens with one attached hydrogen (secondary N) is 1. The van der Waals surface area contributed by atoms with Crippen LogP contribution in [-0.4, -0.2) is 13.1 Å². The molecule has 72 valence electrons. The maximum absolute atomic E-state index is 3.50. The summed E-state index contributed by atoms with van der Waals surface area (Å²) < 4.78 is 0. The van der Waals surface area contributed by atoms with Crippen LogP contribution in [0.15, 0.2) is 0 Å². The van der Waals surface area contributed by atoms with Crippen LogP contribution < -0.4 is 5.32 Å². The van der Waals surface area contributed by atoms with Crippen LogP contribution in [0, 0.1) is 17.3 Å². The van der Waals surface area contributed by atoms with Crippen LogP contribution in [0.3, 0.4) is 0 Å². The van der Waals surface area contributed by atoms with Crippen molar-refractivity contribution in [2.75, 3.05) is 13.1 Å². The molecular formula is C11H23N. The Morgan fingerprint density at radius 2 is 1.75 bits per heavy atom. The minimum Gasteiger partial charge on any atom is -0.316 e. The van der Waals surface area contributed by atoms with Gasteiger partial charge in [-0.1, -0.05) is 34.1 Å². The van der Waals surface area contributed by atoms with Gasteiger partial charge in [0.1, 0.15) is 0 Å². The molecule has 0 amide bonds. The average molecular weight is 169 g/mol. The molecule has 12 heavy (non-hydrogen) atoms. The van der Waals surface area contributed by atoms with Crippen LogP contribution in [0.2, 0.25) is 0 Å². The Morgan fingerprint density at radius 1 is 1.17 bits per heavy atom. The molecule has 0 aliphatic carbocycles. The van der Waals surface area contributed by atoms with Gasteiger partial charge in [-0.25, -0.2) is 0 Å². The van der Waals surface area contributed by atoms with Crippen molar-refractivity contribution in [3.8, 4) is 0 Å². The summed E-state index contributed by atoms with van der Waals surface area (Å²) in [6, 6.07) is 0. The maximum Gasteiger partial charge on any atom is -0.00171 e. The number of rotatable bonds is 2. The van der Waals surface area contributed by atoms with E-state index >= 15 is 0 Å². The van der Waals surface area contributed by atoms with Gasteiger partial charge in [-0.2, -0.15) is 0 Å². The fourth-order valence-corrected chi connectivity index (χ4v) is 2.29. The Morgan fingerprint density at radius 3 is 2.25 bits per heavy atom. The zero-order valence-electron chi connectivity index (χ0n) is 8.98. The molecule has 1 heterocycles. The quantitative estimate of drug-likeness (QED) is 0.670. The maximum atomic E-state index is 3.50. The minimum absolute atomic E-state index is 0.504. The van der Waals surface area contributed by atoms with E-state index in [2.05, 4.69) is 33.0 Å². The SMILES string of the molecule is CCC1CNCC1CC(C)(C)C. The molecule has 2 unspecified atom stereocenters. The van der Waals surface area contributed by atoms with Crippen molar-refractivity contribution in [3.05, 3.63) is 0 Å². The van der Waals surface area contributed by atoms with Crippen LogP contribution in [0.4, 0.5) is 0 Å². The van der Waals surface area contributed by atoms with Gasteiger partial charge in [-0.3, -0.25) is 0 Å². The zero-order chi connectivity index (χ0) is 9.19. The molecule has 1 saturated heterocycles. The fraction of sp³-hybridized carbons (Fsp3) is 1.00. The Bertz CT molecular complexity index is 134. The van der Waals surface area contributed by atoms with Gasteiger partial charge >= 0.3 is 0 Å². The van der Waals surface area contributed by atoms with E-state index in [-0.39, 0.29) is 0 Å². The smallest absolute Gasteiger partial charge is 0.00171 e. The van der Waals surface area contributed by atoms with Crippen molar-refractivity contribution in [1.29, 1.82) is 0 Å². The molecule has 1 N–H and O–H groups in total. The molecule has 1 aliphatic heterocycles. The average Bonchev–Trinajstić information content (AvgIpc) is 2.31. The largest absolute Gasteiger partial charge is 0.316 e. The molecule has 0 radical (unpaired) electrons. The molecule has 0 saturated carbocycles. The third-order valence-corrected chi connectivity index (χ3v) is 2.88. The predicted molar refractivity (Wildman–Crippen MR) is 54.2 cm³/mol. The van der Waals surface area contributed by atoms with Gasteiger partial charge in [-0.05, 0) is 36.8 Å². The summed E-state index contributed by atoms with van der Waals surface area (Å²) in [5, 5.41) is 3.50. The molecule has 0 aromatic rings. The second kappa shape index (κ2) is 3.78. The van der Waals surface area contributed by atoms with Gasteiger partial charge in [0.05, 0.1) is 0 Å². The van der Waals surface area contributed by atoms with Gasteiger partial charge in [0.25, 0.3) is 0 Å². The second-order valence-corrected chi connectivity index (χ2v) is 5.35. The fourth-order valence-electron chi connectivity index (χ4n) is 2.29. The highest BCUT2D eigenvalue weighted by Gasteiger charge is 2.28. The normalized spacial score (nSPS) is 31.0. The Balaban J connectivity index is 2.41. The minimum atomic E-state index is 0.504. The van der Waals surface area contributed by atoms with Crippen LogP contribution in [0.5, 0.6) is 0 Å². The van der Waals surface area contributed by atoms with Crippen molar-refractivity contribution in [3.63, 3.8) is 0 Å². The lowest BCUT2D eigenvalue weighted by Gasteiger charge is -2.26. The number of hydrogen-bond donors (Lipinski definition) is 1. The highest BCUT2D eigenvalue weighted by atomic mass is 14.9. The standard InChI is InChI=1S/C11H23N/c1-5-9-7-12-8-10(9)6-11(2,3)4/h9-10,12H,5-8H2,1-4H3. The highest BCUT2D eigenvalue weighted by Crippen LogP contribution is 2.32. The zero-order valence-corrected chi connectivity index (χ0v) is 8.98. The van der Waals surface area contributed by atoms with Crippen molar-refractivity contribution in [2.24, 2.45) is 17.3 Å². The van der Waals surface area contributed by atoms with E-state index in [1.54, 1.807) is 0 Å². The van der Waals surface area contributed by atoms with Crippen LogP contribution in [-0.2, 0) is 0 Å². The molecule has 0 aromatic heterocycles. The topological polar surface area (TPSA) is 12.0 Å². The Hall–Kier alpha value is -0.0400. The predicted octanol–water partition coefficient (Wildman–Crippen LogP) is 2.67. The van der Waals surface area contributed by atoms with Crippen molar-refractivity contribution >= 4 is 0 Å². The molecule has 0 aromatic carbocycles. The summed E-state index contributed by atoms with van der Waals surface area (Å²) in [6.07, 6.45) is 2.71. The summed E-state index contributed by atoms with van der Waals surface area (Å²) in [7, 11) is 0. The first kappa shape index (κ1) is 10.0. The van der Waals surface area contributed by atoms with E-state index in [1.807, 2.05) is 0 Å². The highest BCUT2D eigenvalue weighted by molar-refractivity contribution is 4.83. The van der Waals surface area contributed by atoms with Crippen LogP contribution in [0.25, 0.3) is 0 Å². The summed E-state index contributed by atoms with van der Waals surface area (Å²) >= 11 is 0. The first-order chi connectivity index (χ1) is 5.53. The van der Waals surface area contributed by atoms with Crippen molar-refractivity contribution < 1.29 is 0 Å². The molecular weight excluding hydrogens is 146 g/mol. The lowest BCUT2D eigenvalue weighted by Crippen LogP contribution is -2.19. The summed E-state index contributed by atoms with van der Waals surface area (Å²) in [6.45, 7) is 11.8. The summed E-state index contributed by atoms with van der Waals surface area (Å²) in [5.41, 5.74) is 0.504. The molecule has 1 nitrogen and oxygen atoms in total. The van der Waals surface area contributed by atoms with E-state index in [0.717, 1.165) is 11.8 Å². The molecule has 0 spiro atoms. The van der Waals surface area contributed by atoms with E-state index < -0.39 is 0 Å². The van der Waals surface area contributed by atoms with Gasteiger partial charge in [0, 0.05) is 0 Å². The van der Waals surface area contributed by atoms with Gasteiger partial charge in [0.15, 0.2) is 0 Å². The lowest BCUT2D eigenvalue weighted by atomic mass is 9.79. The van der Waals surface area contributed by atoms with E-state index in [4.69, 9.17) is 0 Å². The van der Waals surface area contributed by atoms with Gasteiger partial charge in [-0.15, -0.1) is 0 Å². The third-order valence-electron chi connectivity index (χ3n) is 2.88. The third kappa shape index (κ3) is 2.78. The van der Waals surface area contributed by atoms with Crippen LogP contribution >= 0.6 is 0 Å². The molecule has 0 bridgehead atoms. The molecule has 1 fully saturated rings. The molecule has 1 heteroatoms. The van der Waals surface area contributed by atoms with Crippen LogP contribution in [0.1, 0.15) is 40.5 Å². The lowest BCUT2D eigenvalue weighted by molar-refractivity contribution is 0.259. The van der Waals surface area contributed by atoms with Crippen molar-refractivity contribution in [1.82, 2.24) is 5.32 Å². The Kier molecular flexibility index (Phi) is 3.16. The second-order valence-electron chi connectivity index (χ2n) is 5.35. The monoisotopic (exact) mass is 169 g/mol.